The molecule has 0 saturated heterocycles. The Balaban J connectivity index is 1.05. The fourth-order valence-electron chi connectivity index (χ4n) is 5.33. The van der Waals surface area contributed by atoms with Crippen LogP contribution in [0, 0.1) is 0 Å². The molecule has 0 unspecified atom stereocenters. The van der Waals surface area contributed by atoms with Gasteiger partial charge in [-0.25, -0.2) is 4.79 Å². The van der Waals surface area contributed by atoms with Crippen molar-refractivity contribution >= 4 is 6.09 Å². The van der Waals surface area contributed by atoms with Gasteiger partial charge in [0, 0.05) is 19.1 Å². The van der Waals surface area contributed by atoms with Crippen LogP contribution in [0.3, 0.4) is 0 Å². The first-order valence-corrected chi connectivity index (χ1v) is 16.2. The van der Waals surface area contributed by atoms with E-state index < -0.39 is 6.09 Å². The average Bonchev–Trinajstić information content (AvgIpc) is 3.34. The van der Waals surface area contributed by atoms with Crippen LogP contribution in [-0.4, -0.2) is 72.1 Å². The van der Waals surface area contributed by atoms with Gasteiger partial charge in [0.2, 0.25) is 0 Å². The summed E-state index contributed by atoms with van der Waals surface area (Å²) in [5, 5.41) is 2.76. The van der Waals surface area contributed by atoms with Gasteiger partial charge in [0.25, 0.3) is 0 Å². The van der Waals surface area contributed by atoms with Crippen molar-refractivity contribution in [2.45, 2.75) is 77.0 Å². The van der Waals surface area contributed by atoms with Crippen molar-refractivity contribution in [3.05, 3.63) is 59.7 Å². The monoisotopic (exact) mass is 583 g/mol. The molecule has 2 aromatic rings. The van der Waals surface area contributed by atoms with Crippen LogP contribution >= 0.6 is 0 Å². The smallest absolute Gasteiger partial charge is 0.407 e. The third-order valence-electron chi connectivity index (χ3n) is 7.62. The van der Waals surface area contributed by atoms with Crippen molar-refractivity contribution in [2.75, 3.05) is 66.0 Å². The topological polar surface area (TPSA) is 75.3 Å². The van der Waals surface area contributed by atoms with E-state index >= 15 is 0 Å². The maximum Gasteiger partial charge on any atom is 0.407 e. The van der Waals surface area contributed by atoms with Gasteiger partial charge in [-0.15, -0.1) is 0 Å². The van der Waals surface area contributed by atoms with E-state index in [4.69, 9.17) is 23.7 Å². The van der Waals surface area contributed by atoms with E-state index in [1.807, 2.05) is 24.3 Å². The predicted octanol–water partition coefficient (Wildman–Crippen LogP) is 7.51. The zero-order chi connectivity index (χ0) is 29.5. The molecule has 234 valence electrons. The lowest BCUT2D eigenvalue weighted by molar-refractivity contribution is -0.00181. The van der Waals surface area contributed by atoms with Gasteiger partial charge in [-0.2, -0.15) is 0 Å². The normalized spacial score (nSPS) is 12.3. The molecule has 1 N–H and O–H groups in total. The third kappa shape index (κ3) is 13.2. The molecule has 0 saturated carbocycles. The van der Waals surface area contributed by atoms with Gasteiger partial charge in [-0.1, -0.05) is 113 Å². The van der Waals surface area contributed by atoms with Gasteiger partial charge >= 0.3 is 6.09 Å². The molecule has 1 amide bonds. The molecule has 0 radical (unpaired) electrons. The second-order valence-electron chi connectivity index (χ2n) is 10.9. The van der Waals surface area contributed by atoms with Crippen LogP contribution < -0.4 is 5.32 Å². The Morgan fingerprint density at radius 2 is 1.05 bits per heavy atom. The minimum absolute atomic E-state index is 0.0578. The van der Waals surface area contributed by atoms with E-state index in [-0.39, 0.29) is 5.92 Å². The van der Waals surface area contributed by atoms with Crippen LogP contribution in [-0.2, 0) is 23.7 Å². The van der Waals surface area contributed by atoms with E-state index in [9.17, 15) is 4.79 Å². The quantitative estimate of drug-likeness (QED) is 0.122. The molecule has 0 spiro atoms. The van der Waals surface area contributed by atoms with Crippen LogP contribution in [0.25, 0.3) is 11.1 Å². The van der Waals surface area contributed by atoms with Gasteiger partial charge in [0.1, 0.15) is 6.61 Å². The summed E-state index contributed by atoms with van der Waals surface area (Å²) in [5.41, 5.74) is 4.84. The Kier molecular flexibility index (Phi) is 17.9. The van der Waals surface area contributed by atoms with E-state index in [2.05, 4.69) is 36.5 Å². The molecule has 0 aliphatic heterocycles. The van der Waals surface area contributed by atoms with E-state index in [1.54, 1.807) is 0 Å². The predicted molar refractivity (Wildman–Crippen MR) is 168 cm³/mol. The molecule has 1 aliphatic carbocycles. The number of benzene rings is 2. The van der Waals surface area contributed by atoms with Crippen molar-refractivity contribution in [3.8, 4) is 11.1 Å². The zero-order valence-corrected chi connectivity index (χ0v) is 25.8. The number of unbranched alkanes of at least 4 members (excludes halogenated alkanes) is 9. The number of amides is 1. The number of nitrogens with one attached hydrogen (secondary N) is 1. The van der Waals surface area contributed by atoms with Crippen LogP contribution in [0.15, 0.2) is 48.5 Å². The molecule has 7 nitrogen and oxygen atoms in total. The van der Waals surface area contributed by atoms with E-state index in [0.29, 0.717) is 59.4 Å². The van der Waals surface area contributed by atoms with Gasteiger partial charge < -0.3 is 29.0 Å². The van der Waals surface area contributed by atoms with E-state index in [0.717, 1.165) is 13.0 Å². The first-order chi connectivity index (χ1) is 20.8. The highest BCUT2D eigenvalue weighted by Gasteiger charge is 2.28. The number of hydrogen-bond donors (Lipinski definition) is 1. The number of hydrogen-bond acceptors (Lipinski definition) is 6. The average molecular weight is 584 g/mol. The first kappa shape index (κ1) is 34.0. The molecule has 0 bridgehead atoms. The van der Waals surface area contributed by atoms with Crippen molar-refractivity contribution in [3.63, 3.8) is 0 Å². The molecular weight excluding hydrogens is 530 g/mol. The standard InChI is InChI=1S/C35H53NO6/c1-2-3-4-5-6-7-8-9-10-15-21-38-23-25-40-27-28-41-26-24-39-22-20-36-35(37)42-29-34-32-18-13-11-16-30(32)31-17-12-14-19-33(31)34/h11-14,16-19,34H,2-10,15,20-29H2,1H3,(H,36,37). The summed E-state index contributed by atoms with van der Waals surface area (Å²) in [4.78, 5) is 12.2. The molecule has 2 aromatic carbocycles. The fraction of sp³-hybridized carbons (Fsp3) is 0.629. The summed E-state index contributed by atoms with van der Waals surface area (Å²) in [7, 11) is 0. The maximum atomic E-state index is 12.2. The molecule has 0 heterocycles. The summed E-state index contributed by atoms with van der Waals surface area (Å²) in [6.45, 7) is 7.45. The number of fused-ring (bicyclic) bond motifs is 3. The number of alkyl carbamates (subject to hydrolysis) is 1. The van der Waals surface area contributed by atoms with Crippen molar-refractivity contribution < 1.29 is 28.5 Å². The molecule has 0 aromatic heterocycles. The molecule has 1 aliphatic rings. The van der Waals surface area contributed by atoms with E-state index in [1.165, 1.54) is 80.0 Å². The molecule has 0 atom stereocenters. The van der Waals surface area contributed by atoms with Crippen LogP contribution in [0.1, 0.15) is 88.2 Å². The zero-order valence-electron chi connectivity index (χ0n) is 25.8. The minimum atomic E-state index is -0.429. The highest BCUT2D eigenvalue weighted by Crippen LogP contribution is 2.44. The molecule has 7 heteroatoms. The van der Waals surface area contributed by atoms with Crippen molar-refractivity contribution in [1.29, 1.82) is 0 Å². The van der Waals surface area contributed by atoms with Crippen molar-refractivity contribution in [2.24, 2.45) is 0 Å². The van der Waals surface area contributed by atoms with Gasteiger partial charge in [-0.05, 0) is 28.7 Å². The summed E-state index contributed by atoms with van der Waals surface area (Å²) >= 11 is 0. The molecule has 3 rings (SSSR count). The Hall–Kier alpha value is -2.45. The fourth-order valence-corrected chi connectivity index (χ4v) is 5.33. The largest absolute Gasteiger partial charge is 0.449 e. The number of carbonyl (C=O) groups is 1. The van der Waals surface area contributed by atoms with Gasteiger partial charge in [0.05, 0.1) is 46.2 Å². The Morgan fingerprint density at radius 1 is 0.595 bits per heavy atom. The summed E-state index contributed by atoms with van der Waals surface area (Å²) in [6, 6.07) is 16.6. The lowest BCUT2D eigenvalue weighted by Crippen LogP contribution is -2.29. The Labute approximate surface area is 253 Å². The van der Waals surface area contributed by atoms with Crippen LogP contribution in [0.5, 0.6) is 0 Å². The van der Waals surface area contributed by atoms with Gasteiger partial charge in [-0.3, -0.25) is 0 Å². The van der Waals surface area contributed by atoms with Gasteiger partial charge in [0.15, 0.2) is 0 Å². The summed E-state index contributed by atoms with van der Waals surface area (Å²) in [5.74, 6) is 0.0578. The molecular formula is C35H53NO6. The molecule has 0 fully saturated rings. The minimum Gasteiger partial charge on any atom is -0.449 e. The Bertz CT molecular complexity index is 938. The Morgan fingerprint density at radius 3 is 1.60 bits per heavy atom. The number of ether oxygens (including phenoxy) is 5. The van der Waals surface area contributed by atoms with Crippen molar-refractivity contribution in [1.82, 2.24) is 5.32 Å². The second-order valence-corrected chi connectivity index (χ2v) is 10.9. The summed E-state index contributed by atoms with van der Waals surface area (Å²) in [6.07, 6.45) is 12.9. The first-order valence-electron chi connectivity index (χ1n) is 16.2. The maximum absolute atomic E-state index is 12.2. The van der Waals surface area contributed by atoms with Crippen LogP contribution in [0.2, 0.25) is 0 Å². The lowest BCUT2D eigenvalue weighted by atomic mass is 9.98. The highest BCUT2D eigenvalue weighted by molar-refractivity contribution is 5.79. The van der Waals surface area contributed by atoms with Crippen LogP contribution in [0.4, 0.5) is 4.79 Å². The second kappa shape index (κ2) is 22.1. The third-order valence-corrected chi connectivity index (χ3v) is 7.62. The number of carbonyl (C=O) groups excluding carboxylic acids is 1. The highest BCUT2D eigenvalue weighted by atomic mass is 16.6. The lowest BCUT2D eigenvalue weighted by Gasteiger charge is -2.14. The SMILES string of the molecule is CCCCCCCCCCCCOCCOCCOCCOCCNC(=O)OCC1c2ccccc2-c2ccccc21. The number of rotatable bonds is 25. The molecule has 42 heavy (non-hydrogen) atoms. The summed E-state index contributed by atoms with van der Waals surface area (Å²) < 4.78 is 27.8.